The van der Waals surface area contributed by atoms with E-state index in [4.69, 9.17) is 23.2 Å². The van der Waals surface area contributed by atoms with Crippen molar-refractivity contribution in [2.24, 2.45) is 0 Å². The second kappa shape index (κ2) is 6.52. The van der Waals surface area contributed by atoms with E-state index in [0.717, 1.165) is 0 Å². The molecule has 0 saturated carbocycles. The Hall–Kier alpha value is -3.48. The van der Waals surface area contributed by atoms with Gasteiger partial charge in [0.2, 0.25) is 0 Å². The lowest BCUT2D eigenvalue weighted by Crippen LogP contribution is -2.20. The molecule has 0 unspecified atom stereocenters. The van der Waals surface area contributed by atoms with Crippen LogP contribution >= 0.6 is 23.2 Å². The van der Waals surface area contributed by atoms with Crippen LogP contribution in [0.3, 0.4) is 0 Å². The summed E-state index contributed by atoms with van der Waals surface area (Å²) in [5.74, 6) is -2.02. The molecule has 2 N–H and O–H groups in total. The van der Waals surface area contributed by atoms with Gasteiger partial charge in [-0.3, -0.25) is 29.8 Å². The minimum Gasteiger partial charge on any atom is -0.288 e. The SMILES string of the molecule is O=C1NC(=O)c2c1ccc(Cl)c2-c1cccc(-c2c(Cl)ccc3c2C(=O)NC3=O)c1. The molecule has 2 aliphatic heterocycles. The van der Waals surface area contributed by atoms with Crippen LogP contribution < -0.4 is 10.6 Å². The van der Waals surface area contributed by atoms with Crippen molar-refractivity contribution in [3.63, 3.8) is 0 Å². The number of hydrogen-bond donors (Lipinski definition) is 2. The molecule has 30 heavy (non-hydrogen) atoms. The van der Waals surface area contributed by atoms with E-state index < -0.39 is 23.6 Å². The Morgan fingerprint density at radius 2 is 0.967 bits per heavy atom. The van der Waals surface area contributed by atoms with Gasteiger partial charge in [0.25, 0.3) is 23.6 Å². The first-order valence-electron chi connectivity index (χ1n) is 8.84. The molecule has 8 heteroatoms. The monoisotopic (exact) mass is 436 g/mol. The summed E-state index contributed by atoms with van der Waals surface area (Å²) in [4.78, 5) is 48.8. The van der Waals surface area contributed by atoms with Crippen molar-refractivity contribution in [2.75, 3.05) is 0 Å². The van der Waals surface area contributed by atoms with E-state index in [0.29, 0.717) is 32.3 Å². The third kappa shape index (κ3) is 2.58. The molecule has 0 radical (unpaired) electrons. The van der Waals surface area contributed by atoms with Crippen LogP contribution in [0.5, 0.6) is 0 Å². The second-order valence-electron chi connectivity index (χ2n) is 6.84. The molecular formula is C22H10Cl2N2O4. The van der Waals surface area contributed by atoms with Crippen molar-refractivity contribution >= 4 is 46.8 Å². The highest BCUT2D eigenvalue weighted by atomic mass is 35.5. The van der Waals surface area contributed by atoms with Crippen LogP contribution in [0.4, 0.5) is 0 Å². The molecule has 0 atom stereocenters. The zero-order valence-electron chi connectivity index (χ0n) is 15.0. The molecule has 4 amide bonds. The van der Waals surface area contributed by atoms with Crippen LogP contribution in [0.15, 0.2) is 48.5 Å². The van der Waals surface area contributed by atoms with Gasteiger partial charge in [0.1, 0.15) is 0 Å². The highest BCUT2D eigenvalue weighted by molar-refractivity contribution is 6.37. The minimum atomic E-state index is -0.526. The maximum atomic E-state index is 12.4. The number of carbonyl (C=O) groups is 4. The van der Waals surface area contributed by atoms with Crippen molar-refractivity contribution in [1.82, 2.24) is 10.6 Å². The third-order valence-corrected chi connectivity index (χ3v) is 5.78. The first-order valence-corrected chi connectivity index (χ1v) is 9.59. The average molecular weight is 437 g/mol. The Morgan fingerprint density at radius 3 is 1.40 bits per heavy atom. The number of carbonyl (C=O) groups excluding carboxylic acids is 4. The molecule has 0 aromatic heterocycles. The van der Waals surface area contributed by atoms with Crippen molar-refractivity contribution < 1.29 is 19.2 Å². The quantitative estimate of drug-likeness (QED) is 0.591. The van der Waals surface area contributed by atoms with E-state index in [2.05, 4.69) is 10.6 Å². The van der Waals surface area contributed by atoms with Crippen LogP contribution in [0.2, 0.25) is 10.0 Å². The average Bonchev–Trinajstić information content (AvgIpc) is 3.16. The van der Waals surface area contributed by atoms with Crippen molar-refractivity contribution in [1.29, 1.82) is 0 Å². The van der Waals surface area contributed by atoms with Crippen LogP contribution in [0, 0.1) is 0 Å². The lowest BCUT2D eigenvalue weighted by molar-refractivity contribution is 0.0863. The second-order valence-corrected chi connectivity index (χ2v) is 7.65. The molecule has 146 valence electrons. The van der Waals surface area contributed by atoms with Gasteiger partial charge in [0.05, 0.1) is 22.3 Å². The molecule has 0 saturated heterocycles. The molecule has 0 fully saturated rings. The molecule has 0 spiro atoms. The molecule has 3 aromatic carbocycles. The van der Waals surface area contributed by atoms with Crippen LogP contribution in [-0.4, -0.2) is 23.6 Å². The summed E-state index contributed by atoms with van der Waals surface area (Å²) >= 11 is 12.8. The van der Waals surface area contributed by atoms with E-state index in [-0.39, 0.29) is 22.3 Å². The van der Waals surface area contributed by atoms with E-state index in [1.807, 2.05) is 0 Å². The van der Waals surface area contributed by atoms with Gasteiger partial charge >= 0.3 is 0 Å². The highest BCUT2D eigenvalue weighted by Gasteiger charge is 2.33. The van der Waals surface area contributed by atoms with Crippen LogP contribution in [0.25, 0.3) is 22.3 Å². The minimum absolute atomic E-state index is 0.196. The lowest BCUT2D eigenvalue weighted by Gasteiger charge is -2.13. The first-order chi connectivity index (χ1) is 14.4. The van der Waals surface area contributed by atoms with Gasteiger partial charge in [-0.25, -0.2) is 0 Å². The van der Waals surface area contributed by atoms with Crippen molar-refractivity contribution in [3.05, 3.63) is 80.8 Å². The van der Waals surface area contributed by atoms with Crippen LogP contribution in [-0.2, 0) is 0 Å². The summed E-state index contributed by atoms with van der Waals surface area (Å²) in [7, 11) is 0. The number of fused-ring (bicyclic) bond motifs is 2. The lowest BCUT2D eigenvalue weighted by atomic mass is 9.91. The Kier molecular flexibility index (Phi) is 4.03. The summed E-state index contributed by atoms with van der Waals surface area (Å²) in [6.07, 6.45) is 0. The normalized spacial score (nSPS) is 14.5. The molecule has 0 bridgehead atoms. The van der Waals surface area contributed by atoms with E-state index >= 15 is 0 Å². The molecule has 5 rings (SSSR count). The first kappa shape index (κ1) is 18.5. The molecule has 2 aliphatic rings. The smallest absolute Gasteiger partial charge is 0.259 e. The number of benzene rings is 3. The summed E-state index contributed by atoms with van der Waals surface area (Å²) in [6, 6.07) is 13.0. The van der Waals surface area contributed by atoms with Gasteiger partial charge in [-0.05, 0) is 41.5 Å². The standard InChI is InChI=1S/C22H10Cl2N2O4/c23-13-6-4-11-17(21(29)25-19(11)27)15(13)9-2-1-3-10(8-9)16-14(24)7-5-12-18(16)22(30)26-20(12)28/h1-8H,(H,25,27,29)(H,26,28,30). The molecule has 2 heterocycles. The molecule has 3 aromatic rings. The zero-order valence-corrected chi connectivity index (χ0v) is 16.5. The Balaban J connectivity index is 1.75. The predicted molar refractivity (Wildman–Crippen MR) is 111 cm³/mol. The maximum absolute atomic E-state index is 12.4. The summed E-state index contributed by atoms with van der Waals surface area (Å²) in [5.41, 5.74) is 2.83. The molecule has 0 aliphatic carbocycles. The Bertz CT molecular complexity index is 1250. The molecular weight excluding hydrogens is 427 g/mol. The summed E-state index contributed by atoms with van der Waals surface area (Å²) in [5, 5.41) is 5.14. The number of hydrogen-bond acceptors (Lipinski definition) is 4. The van der Waals surface area contributed by atoms with E-state index in [1.54, 1.807) is 36.4 Å². The third-order valence-electron chi connectivity index (χ3n) is 5.15. The Morgan fingerprint density at radius 1 is 0.533 bits per heavy atom. The van der Waals surface area contributed by atoms with Gasteiger partial charge in [-0.15, -0.1) is 0 Å². The van der Waals surface area contributed by atoms with Gasteiger partial charge in [-0.1, -0.05) is 41.4 Å². The van der Waals surface area contributed by atoms with Crippen LogP contribution in [0.1, 0.15) is 41.4 Å². The summed E-state index contributed by atoms with van der Waals surface area (Å²) in [6.45, 7) is 0. The van der Waals surface area contributed by atoms with Gasteiger partial charge in [0, 0.05) is 21.2 Å². The number of nitrogens with one attached hydrogen (secondary N) is 2. The van der Waals surface area contributed by atoms with Gasteiger partial charge in [-0.2, -0.15) is 0 Å². The zero-order chi connectivity index (χ0) is 21.2. The largest absolute Gasteiger partial charge is 0.288 e. The van der Waals surface area contributed by atoms with Crippen molar-refractivity contribution in [2.45, 2.75) is 0 Å². The fraction of sp³-hybridized carbons (Fsp3) is 0. The fourth-order valence-electron chi connectivity index (χ4n) is 3.87. The van der Waals surface area contributed by atoms with Crippen molar-refractivity contribution in [3.8, 4) is 22.3 Å². The molecule has 6 nitrogen and oxygen atoms in total. The maximum Gasteiger partial charge on any atom is 0.259 e. The number of amides is 4. The van der Waals surface area contributed by atoms with E-state index in [9.17, 15) is 19.2 Å². The number of imide groups is 2. The number of rotatable bonds is 2. The fourth-order valence-corrected chi connectivity index (χ4v) is 4.40. The Labute approximate surface area is 179 Å². The number of halogens is 2. The summed E-state index contributed by atoms with van der Waals surface area (Å²) < 4.78 is 0. The van der Waals surface area contributed by atoms with E-state index in [1.165, 1.54) is 12.1 Å². The van der Waals surface area contributed by atoms with Gasteiger partial charge in [0.15, 0.2) is 0 Å². The van der Waals surface area contributed by atoms with Gasteiger partial charge < -0.3 is 0 Å². The predicted octanol–water partition coefficient (Wildman–Crippen LogP) is 4.09. The highest BCUT2D eigenvalue weighted by Crippen LogP contribution is 2.40. The topological polar surface area (TPSA) is 92.3 Å².